The third kappa shape index (κ3) is 3.21. The molecule has 0 aliphatic rings. The Morgan fingerprint density at radius 1 is 1.29 bits per heavy atom. The fraction of sp³-hybridized carbons (Fsp3) is 0.333. The highest BCUT2D eigenvalue weighted by Gasteiger charge is 2.23. The van der Waals surface area contributed by atoms with E-state index in [2.05, 4.69) is 5.32 Å². The highest BCUT2D eigenvalue weighted by Crippen LogP contribution is 2.22. The van der Waals surface area contributed by atoms with Gasteiger partial charge < -0.3 is 16.2 Å². The molecule has 1 amide bonds. The van der Waals surface area contributed by atoms with Crippen LogP contribution in [-0.4, -0.2) is 17.0 Å². The van der Waals surface area contributed by atoms with Crippen molar-refractivity contribution in [2.24, 2.45) is 5.41 Å². The standard InChI is InChI=1S/C12H16N2O3/c1-12(2,3)11(17)14-9-6-7(13)4-5-8(9)10(15)16/h4-6H,13H2,1-3H3,(H,14,17)(H,15,16). The van der Waals surface area contributed by atoms with Crippen LogP contribution in [0.1, 0.15) is 31.1 Å². The van der Waals surface area contributed by atoms with E-state index in [-0.39, 0.29) is 17.2 Å². The number of benzene rings is 1. The smallest absolute Gasteiger partial charge is 0.337 e. The van der Waals surface area contributed by atoms with Crippen LogP contribution in [0.5, 0.6) is 0 Å². The number of carbonyl (C=O) groups excluding carboxylic acids is 1. The molecule has 0 fully saturated rings. The van der Waals surface area contributed by atoms with Gasteiger partial charge in [-0.3, -0.25) is 4.79 Å². The molecule has 0 radical (unpaired) electrons. The normalized spacial score (nSPS) is 11.0. The molecule has 0 aromatic heterocycles. The first kappa shape index (κ1) is 13.0. The second-order valence-corrected chi connectivity index (χ2v) is 4.81. The van der Waals surface area contributed by atoms with Gasteiger partial charge in [0.2, 0.25) is 5.91 Å². The summed E-state index contributed by atoms with van der Waals surface area (Å²) in [5.41, 5.74) is 5.62. The third-order valence-corrected chi connectivity index (χ3v) is 2.20. The number of amides is 1. The molecule has 1 aromatic carbocycles. The Balaban J connectivity index is 3.09. The van der Waals surface area contributed by atoms with Crippen LogP contribution in [0.3, 0.4) is 0 Å². The minimum Gasteiger partial charge on any atom is -0.478 e. The maximum Gasteiger partial charge on any atom is 0.337 e. The number of carboxylic acid groups (broad SMARTS) is 1. The van der Waals surface area contributed by atoms with Crippen molar-refractivity contribution in [3.63, 3.8) is 0 Å². The molecule has 4 N–H and O–H groups in total. The molecule has 0 saturated carbocycles. The molecule has 0 spiro atoms. The number of rotatable bonds is 2. The zero-order valence-electron chi connectivity index (χ0n) is 10.1. The van der Waals surface area contributed by atoms with Crippen LogP contribution in [-0.2, 0) is 4.79 Å². The van der Waals surface area contributed by atoms with E-state index in [4.69, 9.17) is 10.8 Å². The van der Waals surface area contributed by atoms with E-state index < -0.39 is 11.4 Å². The first-order valence-electron chi connectivity index (χ1n) is 5.16. The molecule has 0 bridgehead atoms. The van der Waals surface area contributed by atoms with E-state index in [1.807, 2.05) is 0 Å². The van der Waals surface area contributed by atoms with Crippen LogP contribution >= 0.6 is 0 Å². The lowest BCUT2D eigenvalue weighted by atomic mass is 9.95. The van der Waals surface area contributed by atoms with Crippen molar-refractivity contribution in [2.75, 3.05) is 11.1 Å². The van der Waals surface area contributed by atoms with Gasteiger partial charge in [0, 0.05) is 11.1 Å². The molecule has 0 aliphatic heterocycles. The number of carbonyl (C=O) groups is 2. The predicted molar refractivity (Wildman–Crippen MR) is 65.9 cm³/mol. The highest BCUT2D eigenvalue weighted by molar-refractivity contribution is 6.02. The summed E-state index contributed by atoms with van der Waals surface area (Å²) in [5.74, 6) is -1.36. The summed E-state index contributed by atoms with van der Waals surface area (Å²) in [4.78, 5) is 22.7. The average Bonchev–Trinajstić information content (AvgIpc) is 2.15. The monoisotopic (exact) mass is 236 g/mol. The number of carboxylic acids is 1. The first-order valence-corrected chi connectivity index (χ1v) is 5.16. The number of aromatic carboxylic acids is 1. The van der Waals surface area contributed by atoms with Crippen LogP contribution in [0.2, 0.25) is 0 Å². The molecule has 0 aliphatic carbocycles. The van der Waals surface area contributed by atoms with E-state index >= 15 is 0 Å². The van der Waals surface area contributed by atoms with Gasteiger partial charge in [-0.05, 0) is 18.2 Å². The number of hydrogen-bond acceptors (Lipinski definition) is 3. The summed E-state index contributed by atoms with van der Waals surface area (Å²) in [5, 5.41) is 11.6. The predicted octanol–water partition coefficient (Wildman–Crippen LogP) is 1.95. The molecule has 5 nitrogen and oxygen atoms in total. The number of anilines is 2. The van der Waals surface area contributed by atoms with Gasteiger partial charge >= 0.3 is 5.97 Å². The molecule has 1 rings (SSSR count). The number of nitrogen functional groups attached to an aromatic ring is 1. The summed E-state index contributed by atoms with van der Waals surface area (Å²) < 4.78 is 0. The zero-order valence-corrected chi connectivity index (χ0v) is 10.1. The van der Waals surface area contributed by atoms with E-state index in [1.54, 1.807) is 20.8 Å². The fourth-order valence-electron chi connectivity index (χ4n) is 1.16. The van der Waals surface area contributed by atoms with Crippen LogP contribution < -0.4 is 11.1 Å². The minimum atomic E-state index is -1.10. The Morgan fingerprint density at radius 3 is 2.35 bits per heavy atom. The Bertz CT molecular complexity index is 461. The van der Waals surface area contributed by atoms with Crippen molar-refractivity contribution in [3.05, 3.63) is 23.8 Å². The molecular formula is C12H16N2O3. The Hall–Kier alpha value is -2.04. The summed E-state index contributed by atoms with van der Waals surface area (Å²) in [6.07, 6.45) is 0. The van der Waals surface area contributed by atoms with Gasteiger partial charge in [0.25, 0.3) is 0 Å². The summed E-state index contributed by atoms with van der Waals surface area (Å²) in [7, 11) is 0. The largest absolute Gasteiger partial charge is 0.478 e. The van der Waals surface area contributed by atoms with E-state index in [0.717, 1.165) is 0 Å². The van der Waals surface area contributed by atoms with Gasteiger partial charge in [0.1, 0.15) is 0 Å². The summed E-state index contributed by atoms with van der Waals surface area (Å²) >= 11 is 0. The Kier molecular flexibility index (Phi) is 3.41. The number of nitrogens with two attached hydrogens (primary N) is 1. The van der Waals surface area contributed by atoms with Crippen molar-refractivity contribution in [2.45, 2.75) is 20.8 Å². The molecular weight excluding hydrogens is 220 g/mol. The lowest BCUT2D eigenvalue weighted by Crippen LogP contribution is -2.28. The summed E-state index contributed by atoms with van der Waals surface area (Å²) in [6, 6.07) is 4.29. The lowest BCUT2D eigenvalue weighted by Gasteiger charge is -2.18. The zero-order chi connectivity index (χ0) is 13.2. The van der Waals surface area contributed by atoms with Crippen LogP contribution in [0.4, 0.5) is 11.4 Å². The van der Waals surface area contributed by atoms with Gasteiger partial charge in [-0.2, -0.15) is 0 Å². The quantitative estimate of drug-likeness (QED) is 0.684. The molecule has 0 atom stereocenters. The second kappa shape index (κ2) is 4.45. The van der Waals surface area contributed by atoms with Crippen molar-refractivity contribution in [1.82, 2.24) is 0 Å². The highest BCUT2D eigenvalue weighted by atomic mass is 16.4. The molecule has 1 aromatic rings. The SMILES string of the molecule is CC(C)(C)C(=O)Nc1cc(N)ccc1C(=O)O. The fourth-order valence-corrected chi connectivity index (χ4v) is 1.16. The van der Waals surface area contributed by atoms with Crippen molar-refractivity contribution in [3.8, 4) is 0 Å². The molecule has 0 heterocycles. The lowest BCUT2D eigenvalue weighted by molar-refractivity contribution is -0.123. The van der Waals surface area contributed by atoms with E-state index in [1.165, 1.54) is 18.2 Å². The maximum atomic E-state index is 11.8. The van der Waals surface area contributed by atoms with Gasteiger partial charge in [0.05, 0.1) is 11.3 Å². The van der Waals surface area contributed by atoms with Crippen LogP contribution in [0.15, 0.2) is 18.2 Å². The Morgan fingerprint density at radius 2 is 1.88 bits per heavy atom. The Labute approximate surface area is 99.6 Å². The van der Waals surface area contributed by atoms with Crippen LogP contribution in [0, 0.1) is 5.41 Å². The third-order valence-electron chi connectivity index (χ3n) is 2.20. The number of nitrogens with one attached hydrogen (secondary N) is 1. The second-order valence-electron chi connectivity index (χ2n) is 4.81. The van der Waals surface area contributed by atoms with E-state index in [0.29, 0.717) is 5.69 Å². The number of hydrogen-bond donors (Lipinski definition) is 3. The van der Waals surface area contributed by atoms with Gasteiger partial charge in [-0.25, -0.2) is 4.79 Å². The van der Waals surface area contributed by atoms with Crippen molar-refractivity contribution in [1.29, 1.82) is 0 Å². The van der Waals surface area contributed by atoms with Gasteiger partial charge in [-0.15, -0.1) is 0 Å². The van der Waals surface area contributed by atoms with Crippen molar-refractivity contribution < 1.29 is 14.7 Å². The summed E-state index contributed by atoms with van der Waals surface area (Å²) in [6.45, 7) is 5.24. The van der Waals surface area contributed by atoms with Gasteiger partial charge in [-0.1, -0.05) is 20.8 Å². The van der Waals surface area contributed by atoms with Crippen LogP contribution in [0.25, 0.3) is 0 Å². The average molecular weight is 236 g/mol. The molecule has 17 heavy (non-hydrogen) atoms. The van der Waals surface area contributed by atoms with Gasteiger partial charge in [0.15, 0.2) is 0 Å². The molecule has 92 valence electrons. The minimum absolute atomic E-state index is 0.0248. The van der Waals surface area contributed by atoms with E-state index in [9.17, 15) is 9.59 Å². The molecule has 5 heteroatoms. The molecule has 0 saturated heterocycles. The maximum absolute atomic E-state index is 11.8. The topological polar surface area (TPSA) is 92.4 Å². The van der Waals surface area contributed by atoms with Crippen molar-refractivity contribution >= 4 is 23.3 Å². The first-order chi connectivity index (χ1) is 7.71. The molecule has 0 unspecified atom stereocenters.